The van der Waals surface area contributed by atoms with Crippen LogP contribution in [0.3, 0.4) is 0 Å². The number of benzene rings is 1. The van der Waals surface area contributed by atoms with Crippen molar-refractivity contribution in [3.05, 3.63) is 34.1 Å². The van der Waals surface area contributed by atoms with E-state index >= 15 is 0 Å². The van der Waals surface area contributed by atoms with Gasteiger partial charge in [0.2, 0.25) is 5.91 Å². The SMILES string of the molecule is O=C1CCN(Cc2cccc(F)c2Br)CCN1. The molecule has 1 amide bonds. The van der Waals surface area contributed by atoms with Crippen LogP contribution in [-0.4, -0.2) is 30.4 Å². The van der Waals surface area contributed by atoms with Crippen LogP contribution in [0.15, 0.2) is 22.7 Å². The first-order valence-corrected chi connectivity index (χ1v) is 6.38. The molecule has 1 aliphatic heterocycles. The first-order chi connectivity index (χ1) is 8.16. The number of nitrogens with zero attached hydrogens (tertiary/aromatic N) is 1. The Hall–Kier alpha value is -0.940. The maximum Gasteiger partial charge on any atom is 0.221 e. The van der Waals surface area contributed by atoms with Crippen molar-refractivity contribution in [1.29, 1.82) is 0 Å². The minimum absolute atomic E-state index is 0.0887. The lowest BCUT2D eigenvalue weighted by atomic mass is 10.2. The molecular weight excluding hydrogens is 287 g/mol. The summed E-state index contributed by atoms with van der Waals surface area (Å²) >= 11 is 3.25. The lowest BCUT2D eigenvalue weighted by molar-refractivity contribution is -0.120. The second kappa shape index (κ2) is 5.60. The van der Waals surface area contributed by atoms with E-state index < -0.39 is 0 Å². The number of carbonyl (C=O) groups excluding carboxylic acids is 1. The van der Waals surface area contributed by atoms with E-state index in [0.29, 0.717) is 24.0 Å². The van der Waals surface area contributed by atoms with Crippen LogP contribution < -0.4 is 5.32 Å². The van der Waals surface area contributed by atoms with Crippen LogP contribution in [0.4, 0.5) is 4.39 Å². The van der Waals surface area contributed by atoms with Gasteiger partial charge in [0.15, 0.2) is 0 Å². The summed E-state index contributed by atoms with van der Waals surface area (Å²) in [6, 6.07) is 5.03. The Morgan fingerprint density at radius 3 is 3.06 bits per heavy atom. The second-order valence-corrected chi connectivity index (χ2v) is 4.88. The zero-order chi connectivity index (χ0) is 12.3. The molecule has 0 saturated carbocycles. The topological polar surface area (TPSA) is 32.3 Å². The van der Waals surface area contributed by atoms with Gasteiger partial charge in [0, 0.05) is 32.6 Å². The standard InChI is InChI=1S/C12H14BrFN2O/c13-12-9(2-1-3-10(12)14)8-16-6-4-11(17)15-5-7-16/h1-3H,4-8H2,(H,15,17). The third-order valence-corrected chi connectivity index (χ3v) is 3.72. The molecule has 1 aromatic carbocycles. The average molecular weight is 301 g/mol. The van der Waals surface area contributed by atoms with Gasteiger partial charge >= 0.3 is 0 Å². The third-order valence-electron chi connectivity index (χ3n) is 2.83. The highest BCUT2D eigenvalue weighted by molar-refractivity contribution is 9.10. The summed E-state index contributed by atoms with van der Waals surface area (Å²) in [5, 5.41) is 2.82. The predicted octanol–water partition coefficient (Wildman–Crippen LogP) is 1.91. The number of hydrogen-bond acceptors (Lipinski definition) is 2. The molecule has 0 aromatic heterocycles. The van der Waals surface area contributed by atoms with E-state index in [4.69, 9.17) is 0 Å². The minimum atomic E-state index is -0.244. The fourth-order valence-electron chi connectivity index (χ4n) is 1.88. The smallest absolute Gasteiger partial charge is 0.221 e. The van der Waals surface area contributed by atoms with Crippen molar-refractivity contribution in [2.24, 2.45) is 0 Å². The van der Waals surface area contributed by atoms with Crippen LogP contribution in [0.2, 0.25) is 0 Å². The summed E-state index contributed by atoms with van der Waals surface area (Å²) < 4.78 is 13.9. The van der Waals surface area contributed by atoms with E-state index in [1.54, 1.807) is 6.07 Å². The Balaban J connectivity index is 2.05. The monoisotopic (exact) mass is 300 g/mol. The summed E-state index contributed by atoms with van der Waals surface area (Å²) in [6.45, 7) is 2.84. The van der Waals surface area contributed by atoms with Crippen molar-refractivity contribution in [2.75, 3.05) is 19.6 Å². The molecular formula is C12H14BrFN2O. The fraction of sp³-hybridized carbons (Fsp3) is 0.417. The van der Waals surface area contributed by atoms with Gasteiger partial charge in [-0.25, -0.2) is 4.39 Å². The first-order valence-electron chi connectivity index (χ1n) is 5.59. The number of nitrogens with one attached hydrogen (secondary N) is 1. The molecule has 0 unspecified atom stereocenters. The Kier molecular flexibility index (Phi) is 4.12. The maximum absolute atomic E-state index is 13.3. The van der Waals surface area contributed by atoms with Crippen LogP contribution >= 0.6 is 15.9 Å². The molecule has 1 fully saturated rings. The van der Waals surface area contributed by atoms with Crippen molar-refractivity contribution < 1.29 is 9.18 Å². The van der Waals surface area contributed by atoms with Crippen molar-refractivity contribution in [1.82, 2.24) is 10.2 Å². The Morgan fingerprint density at radius 2 is 2.24 bits per heavy atom. The number of amides is 1. The van der Waals surface area contributed by atoms with Crippen LogP contribution in [-0.2, 0) is 11.3 Å². The molecule has 0 atom stereocenters. The van der Waals surface area contributed by atoms with Gasteiger partial charge in [0.25, 0.3) is 0 Å². The molecule has 1 aliphatic rings. The molecule has 1 heterocycles. The van der Waals surface area contributed by atoms with Crippen molar-refractivity contribution >= 4 is 21.8 Å². The average Bonchev–Trinajstić information content (AvgIpc) is 2.50. The molecule has 3 nitrogen and oxygen atoms in total. The molecule has 92 valence electrons. The number of halogens is 2. The summed E-state index contributed by atoms with van der Waals surface area (Å²) in [7, 11) is 0. The lowest BCUT2D eigenvalue weighted by Gasteiger charge is -2.19. The summed E-state index contributed by atoms with van der Waals surface area (Å²) in [6.07, 6.45) is 0.507. The molecule has 0 bridgehead atoms. The molecule has 0 spiro atoms. The largest absolute Gasteiger partial charge is 0.355 e. The van der Waals surface area contributed by atoms with E-state index in [-0.39, 0.29) is 11.7 Å². The molecule has 1 N–H and O–H groups in total. The molecule has 5 heteroatoms. The van der Waals surface area contributed by atoms with Gasteiger partial charge in [-0.15, -0.1) is 0 Å². The molecule has 0 radical (unpaired) electrons. The van der Waals surface area contributed by atoms with E-state index in [9.17, 15) is 9.18 Å². The number of hydrogen-bond donors (Lipinski definition) is 1. The summed E-state index contributed by atoms with van der Waals surface area (Å²) in [5.74, 6) is -0.155. The Labute approximate surface area is 108 Å². The van der Waals surface area contributed by atoms with Crippen molar-refractivity contribution in [2.45, 2.75) is 13.0 Å². The number of rotatable bonds is 2. The van der Waals surface area contributed by atoms with Crippen LogP contribution in [0.1, 0.15) is 12.0 Å². The maximum atomic E-state index is 13.3. The highest BCUT2D eigenvalue weighted by atomic mass is 79.9. The van der Waals surface area contributed by atoms with E-state index in [1.807, 2.05) is 6.07 Å². The van der Waals surface area contributed by atoms with Gasteiger partial charge in [-0.05, 0) is 27.6 Å². The predicted molar refractivity (Wildman–Crippen MR) is 67.0 cm³/mol. The number of carbonyl (C=O) groups is 1. The molecule has 0 aliphatic carbocycles. The Morgan fingerprint density at radius 1 is 1.41 bits per heavy atom. The van der Waals surface area contributed by atoms with Crippen molar-refractivity contribution in [3.63, 3.8) is 0 Å². The summed E-state index contributed by atoms with van der Waals surface area (Å²) in [4.78, 5) is 13.3. The van der Waals surface area contributed by atoms with Gasteiger partial charge in [-0.3, -0.25) is 9.69 Å². The molecule has 2 rings (SSSR count). The van der Waals surface area contributed by atoms with Gasteiger partial charge in [0.05, 0.1) is 4.47 Å². The quantitative estimate of drug-likeness (QED) is 0.905. The van der Waals surface area contributed by atoms with Gasteiger partial charge in [-0.1, -0.05) is 12.1 Å². The highest BCUT2D eigenvalue weighted by Gasteiger charge is 2.15. The van der Waals surface area contributed by atoms with Gasteiger partial charge < -0.3 is 5.32 Å². The molecule has 17 heavy (non-hydrogen) atoms. The third kappa shape index (κ3) is 3.26. The van der Waals surface area contributed by atoms with E-state index in [0.717, 1.165) is 18.7 Å². The van der Waals surface area contributed by atoms with Crippen LogP contribution in [0, 0.1) is 5.82 Å². The first kappa shape index (κ1) is 12.5. The zero-order valence-electron chi connectivity index (χ0n) is 9.38. The minimum Gasteiger partial charge on any atom is -0.355 e. The lowest BCUT2D eigenvalue weighted by Crippen LogP contribution is -2.28. The van der Waals surface area contributed by atoms with Crippen LogP contribution in [0.5, 0.6) is 0 Å². The normalized spacial score (nSPS) is 17.6. The second-order valence-electron chi connectivity index (χ2n) is 4.09. The summed E-state index contributed by atoms with van der Waals surface area (Å²) in [5.41, 5.74) is 0.916. The van der Waals surface area contributed by atoms with E-state index in [2.05, 4.69) is 26.1 Å². The van der Waals surface area contributed by atoms with Crippen molar-refractivity contribution in [3.8, 4) is 0 Å². The fourth-order valence-corrected chi connectivity index (χ4v) is 2.27. The van der Waals surface area contributed by atoms with Gasteiger partial charge in [-0.2, -0.15) is 0 Å². The van der Waals surface area contributed by atoms with E-state index in [1.165, 1.54) is 6.07 Å². The molecule has 1 aromatic rings. The highest BCUT2D eigenvalue weighted by Crippen LogP contribution is 2.21. The Bertz CT molecular complexity index is 425. The van der Waals surface area contributed by atoms with Crippen LogP contribution in [0.25, 0.3) is 0 Å². The van der Waals surface area contributed by atoms with Gasteiger partial charge in [0.1, 0.15) is 5.82 Å². The molecule has 1 saturated heterocycles. The zero-order valence-corrected chi connectivity index (χ0v) is 11.0.